The van der Waals surface area contributed by atoms with Crippen molar-refractivity contribution in [2.45, 2.75) is 119 Å². The second-order valence-electron chi connectivity index (χ2n) is 9.03. The normalized spacial score (nSPS) is 22.8. The van der Waals surface area contributed by atoms with Crippen LogP contribution in [0.2, 0.25) is 0 Å². The topological polar surface area (TPSA) is 26.3 Å². The summed E-state index contributed by atoms with van der Waals surface area (Å²) in [5.74, 6) is -1.88. The molecule has 3 saturated carbocycles. The maximum Gasteiger partial charge on any atom is 0 e. The number of alkyl halides is 3. The number of rotatable bonds is 4. The van der Waals surface area contributed by atoms with Crippen LogP contribution in [0.4, 0.5) is 13.2 Å². The summed E-state index contributed by atoms with van der Waals surface area (Å²) in [6.45, 7) is 6.50. The fraction of sp³-hybridized carbons (Fsp3) is 0.826. The molecule has 3 fully saturated rings. The van der Waals surface area contributed by atoms with Gasteiger partial charge in [0, 0.05) is 20.4 Å². The Morgan fingerprint density at radius 1 is 0.800 bits per heavy atom. The molecule has 0 bridgehead atoms. The zero-order valence-electron chi connectivity index (χ0n) is 18.1. The van der Waals surface area contributed by atoms with Crippen LogP contribution >= 0.6 is 7.49 Å². The van der Waals surface area contributed by atoms with Crippen molar-refractivity contribution < 1.29 is 42.9 Å². The molecule has 0 radical (unpaired) electrons. The Morgan fingerprint density at radius 2 is 1.07 bits per heavy atom. The smallest absolute Gasteiger partial charge is 0 e. The van der Waals surface area contributed by atoms with E-state index in [1.807, 2.05) is 0 Å². The monoisotopic (exact) mass is 541 g/mol. The molecule has 180 valence electrons. The Morgan fingerprint density at radius 3 is 1.30 bits per heavy atom. The fourth-order valence-electron chi connectivity index (χ4n) is 6.13. The number of halogens is 3. The molecule has 2 nitrogen and oxygen atoms in total. The first-order valence-corrected chi connectivity index (χ1v) is 13.7. The summed E-state index contributed by atoms with van der Waals surface area (Å²) >= 11 is 0. The summed E-state index contributed by atoms with van der Waals surface area (Å²) < 4.78 is 45.5. The third kappa shape index (κ3) is 7.25. The third-order valence-corrected chi connectivity index (χ3v) is 13.3. The third-order valence-electron chi connectivity index (χ3n) is 7.23. The van der Waals surface area contributed by atoms with Crippen LogP contribution in [-0.2, 0) is 29.7 Å². The van der Waals surface area contributed by atoms with Crippen molar-refractivity contribution in [1.29, 1.82) is 0 Å². The molecule has 0 N–H and O–H groups in total. The maximum absolute atomic E-state index is 13.2. The molecule has 7 heteroatoms. The van der Waals surface area contributed by atoms with Crippen LogP contribution in [0.5, 0.6) is 0 Å². The zero-order valence-corrected chi connectivity index (χ0v) is 20.7. The molecule has 30 heavy (non-hydrogen) atoms. The maximum atomic E-state index is 13.2. The first kappa shape index (κ1) is 28.0. The fourth-order valence-corrected chi connectivity index (χ4v) is 13.0. The molecule has 3 aliphatic carbocycles. The average molecular weight is 542 g/mol. The average Bonchev–Trinajstić information content (AvgIpc) is 2.73. The van der Waals surface area contributed by atoms with Gasteiger partial charge in [-0.1, -0.05) is 0 Å². The van der Waals surface area contributed by atoms with Gasteiger partial charge in [-0.05, 0) is 0 Å². The van der Waals surface area contributed by atoms with Crippen LogP contribution in [0, 0.1) is 6.92 Å². The van der Waals surface area contributed by atoms with Crippen molar-refractivity contribution in [3.8, 4) is 0 Å². The first-order valence-electron chi connectivity index (χ1n) is 11.6. The first-order chi connectivity index (χ1) is 13.9. The van der Waals surface area contributed by atoms with Crippen LogP contribution in [0.15, 0.2) is 12.7 Å². The van der Waals surface area contributed by atoms with Crippen molar-refractivity contribution >= 4 is 13.5 Å². The molecular formula is C23H39F3O2PPd-. The summed E-state index contributed by atoms with van der Waals surface area (Å²) in [5.41, 5.74) is 0.733. The molecule has 0 atom stereocenters. The number of hydrogen-bond acceptors (Lipinski definition) is 2. The van der Waals surface area contributed by atoms with E-state index in [4.69, 9.17) is 4.52 Å². The second-order valence-corrected chi connectivity index (χ2v) is 13.4. The summed E-state index contributed by atoms with van der Waals surface area (Å²) in [4.78, 5) is 12.1. The van der Waals surface area contributed by atoms with Gasteiger partial charge < -0.3 is 0 Å². The van der Waals surface area contributed by atoms with Gasteiger partial charge in [0.25, 0.3) is 0 Å². The van der Waals surface area contributed by atoms with Gasteiger partial charge in [-0.3, -0.25) is 0 Å². The summed E-state index contributed by atoms with van der Waals surface area (Å²) in [5, 5.41) is 0. The Hall–Kier alpha value is -0.0377. The molecule has 0 spiro atoms. The quantitative estimate of drug-likeness (QED) is 0.206. The van der Waals surface area contributed by atoms with E-state index in [-0.39, 0.29) is 37.4 Å². The number of hydrogen-bond donors (Lipinski definition) is 0. The molecular weight excluding hydrogens is 503 g/mol. The van der Waals surface area contributed by atoms with E-state index < -0.39 is 19.6 Å². The minimum atomic E-state index is -4.86. The van der Waals surface area contributed by atoms with Crippen molar-refractivity contribution in [3.63, 3.8) is 0 Å². The van der Waals surface area contributed by atoms with E-state index in [0.717, 1.165) is 77.0 Å². The van der Waals surface area contributed by atoms with Crippen molar-refractivity contribution in [3.05, 3.63) is 19.6 Å². The van der Waals surface area contributed by atoms with Crippen LogP contribution in [-0.4, -0.2) is 29.1 Å². The summed E-state index contributed by atoms with van der Waals surface area (Å²) in [6.07, 6.45) is 12.5. The van der Waals surface area contributed by atoms with Gasteiger partial charge in [-0.2, -0.15) is 0 Å². The van der Waals surface area contributed by atoms with E-state index in [9.17, 15) is 18.0 Å². The molecule has 0 aromatic rings. The Balaban J connectivity index is 0.00000106. The number of allylic oxidation sites excluding steroid dienone is 1. The standard InChI is InChI=1S/C20H34F3O2P.C3H5.Pd/c21-20(22,23)19(24)25-26(16-10-4-1-5-11-16,17-12-6-2-7-13-17)18-14-8-3-9-15-18;1-3-2;/h16-18,26H,1-15H2;3H,1-2H2;/q;-1;. The molecule has 0 saturated heterocycles. The van der Waals surface area contributed by atoms with Gasteiger partial charge in [0.05, 0.1) is 0 Å². The predicted molar refractivity (Wildman–Crippen MR) is 117 cm³/mol. The predicted octanol–water partition coefficient (Wildman–Crippen LogP) is 7.76. The number of carbonyl (C=O) groups excluding carboxylic acids is 1. The molecule has 0 amide bonds. The Bertz CT molecular complexity index is 464. The van der Waals surface area contributed by atoms with Crippen LogP contribution in [0.25, 0.3) is 0 Å². The van der Waals surface area contributed by atoms with E-state index >= 15 is 0 Å². The molecule has 0 heterocycles. The minimum absolute atomic E-state index is 0. The minimum Gasteiger partial charge on any atom is 0 e. The molecule has 0 aromatic heterocycles. The van der Waals surface area contributed by atoms with Crippen LogP contribution in [0.3, 0.4) is 0 Å². The van der Waals surface area contributed by atoms with Gasteiger partial charge in [-0.15, -0.1) is 0 Å². The Labute approximate surface area is 195 Å². The van der Waals surface area contributed by atoms with Gasteiger partial charge in [0.15, 0.2) is 0 Å². The molecule has 3 rings (SSSR count). The molecule has 0 aliphatic heterocycles. The van der Waals surface area contributed by atoms with Gasteiger partial charge in [0.1, 0.15) is 0 Å². The zero-order chi connectivity index (χ0) is 21.3. The van der Waals surface area contributed by atoms with Crippen molar-refractivity contribution in [2.75, 3.05) is 0 Å². The summed E-state index contributed by atoms with van der Waals surface area (Å²) in [6, 6.07) is 0. The molecule has 0 aromatic carbocycles. The van der Waals surface area contributed by atoms with Crippen molar-refractivity contribution in [1.82, 2.24) is 0 Å². The molecule has 0 unspecified atom stereocenters. The van der Waals surface area contributed by atoms with Crippen LogP contribution in [0.1, 0.15) is 96.3 Å². The van der Waals surface area contributed by atoms with Gasteiger partial charge in [-0.25, -0.2) is 19.6 Å². The van der Waals surface area contributed by atoms with E-state index in [1.54, 1.807) is 0 Å². The largest absolute Gasteiger partial charge is 0 e. The summed E-state index contributed by atoms with van der Waals surface area (Å²) in [7, 11) is -2.84. The van der Waals surface area contributed by atoms with Gasteiger partial charge >= 0.3 is 155 Å². The van der Waals surface area contributed by atoms with E-state index in [0.29, 0.717) is 0 Å². The SMILES string of the molecule is C=C[CH2-].O=C(O[PH](C1CCCCC1)(C1CCCCC1)C1CCCCC1)C(F)(F)F.[Pd]. The van der Waals surface area contributed by atoms with Crippen LogP contribution < -0.4 is 0 Å². The van der Waals surface area contributed by atoms with E-state index in [2.05, 4.69) is 13.5 Å². The number of carbonyl (C=O) groups is 1. The Kier molecular flexibility index (Phi) is 12.6. The van der Waals surface area contributed by atoms with E-state index in [1.165, 1.54) is 25.3 Å². The van der Waals surface area contributed by atoms with Crippen molar-refractivity contribution in [2.24, 2.45) is 0 Å². The van der Waals surface area contributed by atoms with Gasteiger partial charge in [0.2, 0.25) is 0 Å². The molecule has 3 aliphatic rings. The second kappa shape index (κ2) is 13.5.